The number of hydrogen-bond acceptors (Lipinski definition) is 9. The normalized spacial score (nSPS) is 12.1. The fraction of sp³-hybridized carbons (Fsp3) is 0.206. The van der Waals surface area contributed by atoms with Crippen molar-refractivity contribution in [3.63, 3.8) is 0 Å². The number of pyridine rings is 1. The molecule has 46 heavy (non-hydrogen) atoms. The Kier molecular flexibility index (Phi) is 9.74. The quantitative estimate of drug-likeness (QED) is 0.220. The molecule has 1 heterocycles. The zero-order chi connectivity index (χ0) is 33.6. The molecule has 0 saturated heterocycles. The summed E-state index contributed by atoms with van der Waals surface area (Å²) in [7, 11) is -1.79. The van der Waals surface area contributed by atoms with E-state index in [0.717, 1.165) is 5.56 Å². The highest BCUT2D eigenvalue weighted by atomic mass is 32.2. The highest BCUT2D eigenvalue weighted by Crippen LogP contribution is 2.37. The van der Waals surface area contributed by atoms with Crippen LogP contribution in [-0.2, 0) is 14.5 Å². The van der Waals surface area contributed by atoms with Gasteiger partial charge in [-0.05, 0) is 81.3 Å². The molecule has 12 heteroatoms. The zero-order valence-electron chi connectivity index (χ0n) is 26.1. The molecular formula is C34H31N5O6S. The van der Waals surface area contributed by atoms with E-state index in [0.29, 0.717) is 22.3 Å². The van der Waals surface area contributed by atoms with E-state index in [9.17, 15) is 24.3 Å². The molecule has 1 aromatic heterocycles. The Morgan fingerprint density at radius 3 is 2.26 bits per heavy atom. The van der Waals surface area contributed by atoms with Crippen LogP contribution in [0, 0.1) is 29.6 Å². The molecule has 0 radical (unpaired) electrons. The number of ether oxygens (including phenoxy) is 3. The summed E-state index contributed by atoms with van der Waals surface area (Å²) in [4.78, 5) is 30.9. The van der Waals surface area contributed by atoms with Crippen LogP contribution in [0.25, 0.3) is 11.1 Å². The summed E-state index contributed by atoms with van der Waals surface area (Å²) in [5.74, 6) is -0.136. The molecule has 0 unspecified atom stereocenters. The van der Waals surface area contributed by atoms with E-state index in [4.69, 9.17) is 14.2 Å². The lowest BCUT2D eigenvalue weighted by molar-refractivity contribution is 0.0607. The third kappa shape index (κ3) is 7.86. The number of hydrogen-bond donors (Lipinski definition) is 1. The molecule has 0 aliphatic heterocycles. The summed E-state index contributed by atoms with van der Waals surface area (Å²) in [5, 5.41) is 21.3. The lowest BCUT2D eigenvalue weighted by Gasteiger charge is -2.18. The van der Waals surface area contributed by atoms with Gasteiger partial charge >= 0.3 is 6.09 Å². The number of nitriles is 2. The molecule has 4 aromatic rings. The van der Waals surface area contributed by atoms with E-state index in [1.807, 2.05) is 6.07 Å². The van der Waals surface area contributed by atoms with Gasteiger partial charge in [-0.15, -0.1) is 4.36 Å². The number of carbonyl (C=O) groups is 2. The van der Waals surface area contributed by atoms with Crippen molar-refractivity contribution >= 4 is 27.4 Å². The van der Waals surface area contributed by atoms with Gasteiger partial charge < -0.3 is 19.5 Å². The van der Waals surface area contributed by atoms with Crippen LogP contribution >= 0.6 is 0 Å². The Hall–Kier alpha value is -5.72. The largest absolute Gasteiger partial charge is 0.493 e. The van der Waals surface area contributed by atoms with Crippen LogP contribution in [0.5, 0.6) is 17.4 Å². The summed E-state index contributed by atoms with van der Waals surface area (Å²) >= 11 is 0. The van der Waals surface area contributed by atoms with Crippen LogP contribution in [0.4, 0.5) is 10.5 Å². The zero-order valence-corrected chi connectivity index (χ0v) is 26.9. The van der Waals surface area contributed by atoms with Gasteiger partial charge in [-0.3, -0.25) is 4.79 Å². The minimum atomic E-state index is -3.22. The van der Waals surface area contributed by atoms with Gasteiger partial charge in [0.15, 0.2) is 11.5 Å². The smallest absolute Gasteiger partial charge is 0.442 e. The fourth-order valence-corrected chi connectivity index (χ4v) is 5.45. The van der Waals surface area contributed by atoms with Crippen molar-refractivity contribution in [2.75, 3.05) is 18.7 Å². The fourth-order valence-electron chi connectivity index (χ4n) is 4.34. The molecule has 234 valence electrons. The number of aromatic nitrogens is 1. The maximum absolute atomic E-state index is 14.0. The highest BCUT2D eigenvalue weighted by molar-refractivity contribution is 7.93. The van der Waals surface area contributed by atoms with Gasteiger partial charge in [-0.25, -0.2) is 14.0 Å². The predicted octanol–water partition coefficient (Wildman–Crippen LogP) is 7.25. The van der Waals surface area contributed by atoms with Crippen molar-refractivity contribution in [1.29, 1.82) is 10.5 Å². The molecular weight excluding hydrogens is 606 g/mol. The summed E-state index contributed by atoms with van der Waals surface area (Å²) in [5.41, 5.74) is 2.25. The lowest BCUT2D eigenvalue weighted by Crippen LogP contribution is -2.22. The molecule has 1 atom stereocenters. The van der Waals surface area contributed by atoms with Crippen molar-refractivity contribution < 1.29 is 28.0 Å². The summed E-state index contributed by atoms with van der Waals surface area (Å²) in [6, 6.07) is 21.7. The number of nitrogens with one attached hydrogen (secondary N) is 1. The average molecular weight is 638 g/mol. The van der Waals surface area contributed by atoms with Crippen LogP contribution < -0.4 is 14.8 Å². The number of benzene rings is 3. The van der Waals surface area contributed by atoms with Crippen LogP contribution in [0.3, 0.4) is 0 Å². The van der Waals surface area contributed by atoms with E-state index < -0.39 is 27.3 Å². The topological polar surface area (TPSA) is 164 Å². The van der Waals surface area contributed by atoms with Crippen molar-refractivity contribution in [1.82, 2.24) is 4.98 Å². The van der Waals surface area contributed by atoms with Crippen molar-refractivity contribution in [3.05, 3.63) is 95.2 Å². The van der Waals surface area contributed by atoms with E-state index >= 15 is 0 Å². The van der Waals surface area contributed by atoms with E-state index in [1.165, 1.54) is 31.6 Å². The molecule has 0 aliphatic carbocycles. The Balaban J connectivity index is 1.77. The van der Waals surface area contributed by atoms with E-state index in [2.05, 4.69) is 20.7 Å². The van der Waals surface area contributed by atoms with Crippen molar-refractivity contribution in [2.45, 2.75) is 38.2 Å². The Bertz CT molecular complexity index is 2030. The van der Waals surface area contributed by atoms with Crippen LogP contribution in [0.15, 0.2) is 82.2 Å². The Morgan fingerprint density at radius 1 is 0.957 bits per heavy atom. The molecule has 0 bridgehead atoms. The second kappa shape index (κ2) is 13.5. The highest BCUT2D eigenvalue weighted by Gasteiger charge is 2.24. The van der Waals surface area contributed by atoms with Gasteiger partial charge in [0.05, 0.1) is 40.1 Å². The van der Waals surface area contributed by atoms with Crippen LogP contribution in [0.2, 0.25) is 0 Å². The SMILES string of the molecule is COc1cc(C#N)ccc1Oc1ncc(-c2ccc(C#N)cc2)c(C)c1C(=O)Nc1cccc([S@@](C)(=O)=NC(=O)OC(C)(C)C)c1. The predicted molar refractivity (Wildman–Crippen MR) is 172 cm³/mol. The number of anilines is 1. The maximum Gasteiger partial charge on any atom is 0.442 e. The second-order valence-corrected chi connectivity index (χ2v) is 13.4. The van der Waals surface area contributed by atoms with E-state index in [1.54, 1.807) is 82.4 Å². The molecule has 3 aromatic carbocycles. The summed E-state index contributed by atoms with van der Waals surface area (Å²) < 4.78 is 33.9. The first-order valence-electron chi connectivity index (χ1n) is 13.9. The maximum atomic E-state index is 14.0. The number of rotatable bonds is 7. The third-order valence-electron chi connectivity index (χ3n) is 6.53. The lowest BCUT2D eigenvalue weighted by atomic mass is 9.97. The molecule has 2 amide bonds. The number of nitrogens with zero attached hydrogens (tertiary/aromatic N) is 4. The molecule has 0 fully saturated rings. The van der Waals surface area contributed by atoms with E-state index in [-0.39, 0.29) is 33.5 Å². The molecule has 0 saturated carbocycles. The Labute approximate surface area is 267 Å². The summed E-state index contributed by atoms with van der Waals surface area (Å²) in [6.07, 6.45) is 1.91. The first-order chi connectivity index (χ1) is 21.7. The van der Waals surface area contributed by atoms with Gasteiger partial charge in [0.1, 0.15) is 11.2 Å². The van der Waals surface area contributed by atoms with Crippen molar-refractivity contribution in [2.24, 2.45) is 4.36 Å². The van der Waals surface area contributed by atoms with Gasteiger partial charge in [0.2, 0.25) is 5.88 Å². The first kappa shape index (κ1) is 33.2. The second-order valence-electron chi connectivity index (χ2n) is 11.1. The summed E-state index contributed by atoms with van der Waals surface area (Å²) in [6.45, 7) is 6.77. The number of carbonyl (C=O) groups excluding carboxylic acids is 2. The monoisotopic (exact) mass is 637 g/mol. The first-order valence-corrected chi connectivity index (χ1v) is 15.8. The molecule has 0 aliphatic rings. The molecule has 4 rings (SSSR count). The minimum Gasteiger partial charge on any atom is -0.493 e. The number of amides is 2. The van der Waals surface area contributed by atoms with Gasteiger partial charge in [0.25, 0.3) is 5.91 Å². The molecule has 0 spiro atoms. The third-order valence-corrected chi connectivity index (χ3v) is 8.15. The Morgan fingerprint density at radius 2 is 1.63 bits per heavy atom. The molecule has 11 nitrogen and oxygen atoms in total. The van der Waals surface area contributed by atoms with Crippen LogP contribution in [-0.4, -0.2) is 40.2 Å². The van der Waals surface area contributed by atoms with Gasteiger partial charge in [-0.2, -0.15) is 10.5 Å². The van der Waals surface area contributed by atoms with Crippen LogP contribution in [0.1, 0.15) is 47.8 Å². The standard InChI is InChI=1S/C34H31N5O6S/c1-21-27(24-13-10-22(18-35)11-14-24)20-37-32(44-28-15-12-23(19-36)16-29(28)43-5)30(21)31(40)38-25-8-7-9-26(17-25)46(6,42)39-33(41)45-34(2,3)4/h7-17,20H,1-6H3,(H,38,40)/t46-/m1/s1. The minimum absolute atomic E-state index is 0.0363. The average Bonchev–Trinajstić information content (AvgIpc) is 3.00. The molecule has 1 N–H and O–H groups in total. The van der Waals surface area contributed by atoms with Crippen molar-refractivity contribution in [3.8, 4) is 40.6 Å². The van der Waals surface area contributed by atoms with Gasteiger partial charge in [0, 0.05) is 34.7 Å². The van der Waals surface area contributed by atoms with Gasteiger partial charge in [-0.1, -0.05) is 18.2 Å². The number of methoxy groups -OCH3 is 1.